The lowest BCUT2D eigenvalue weighted by molar-refractivity contribution is 0.158. The third kappa shape index (κ3) is 1.83. The number of β-amino-alcohol motifs (C(OH)–C–C–N with tert-alkyl or cyclic N) is 1. The molecule has 0 aliphatic carbocycles. The van der Waals surface area contributed by atoms with Crippen molar-refractivity contribution in [3.8, 4) is 0 Å². The van der Waals surface area contributed by atoms with Crippen molar-refractivity contribution < 1.29 is 9.90 Å². The van der Waals surface area contributed by atoms with E-state index in [-0.39, 0.29) is 12.1 Å². The van der Waals surface area contributed by atoms with Gasteiger partial charge in [0.25, 0.3) is 0 Å². The molecular weight excluding hydrogens is 144 g/mol. The summed E-state index contributed by atoms with van der Waals surface area (Å²) in [5, 5.41) is 9.12. The van der Waals surface area contributed by atoms with E-state index in [1.807, 2.05) is 0 Å². The van der Waals surface area contributed by atoms with E-state index in [9.17, 15) is 4.79 Å². The fourth-order valence-corrected chi connectivity index (χ4v) is 1.20. The highest BCUT2D eigenvalue weighted by atomic mass is 16.3. The summed E-state index contributed by atoms with van der Waals surface area (Å²) in [6.07, 6.45) is 0.387. The van der Waals surface area contributed by atoms with Gasteiger partial charge in [0.2, 0.25) is 0 Å². The second kappa shape index (κ2) is 3.09. The summed E-state index contributed by atoms with van der Waals surface area (Å²) in [4.78, 5) is 14.4. The fraction of sp³-hybridized carbons (Fsp3) is 0.857. The molecule has 1 unspecified atom stereocenters. The maximum absolute atomic E-state index is 11.2. The van der Waals surface area contributed by atoms with Gasteiger partial charge in [-0.3, -0.25) is 0 Å². The monoisotopic (exact) mass is 158 g/mol. The number of amides is 2. The van der Waals surface area contributed by atoms with Crippen molar-refractivity contribution in [3.63, 3.8) is 0 Å². The molecule has 1 aliphatic heterocycles. The van der Waals surface area contributed by atoms with Gasteiger partial charge in [-0.1, -0.05) is 0 Å². The Hall–Kier alpha value is -0.770. The van der Waals surface area contributed by atoms with E-state index in [0.717, 1.165) is 0 Å². The summed E-state index contributed by atoms with van der Waals surface area (Å²) >= 11 is 0. The van der Waals surface area contributed by atoms with Crippen LogP contribution in [0.4, 0.5) is 4.79 Å². The van der Waals surface area contributed by atoms with Gasteiger partial charge >= 0.3 is 6.03 Å². The average Bonchev–Trinajstić information content (AvgIpc) is 2.34. The van der Waals surface area contributed by atoms with Crippen molar-refractivity contribution in [1.29, 1.82) is 0 Å². The first kappa shape index (κ1) is 8.33. The lowest BCUT2D eigenvalue weighted by Gasteiger charge is -2.20. The van der Waals surface area contributed by atoms with E-state index in [1.165, 1.54) is 4.90 Å². The van der Waals surface area contributed by atoms with Crippen molar-refractivity contribution in [2.24, 2.45) is 0 Å². The molecule has 1 saturated heterocycles. The average molecular weight is 158 g/mol. The van der Waals surface area contributed by atoms with Crippen LogP contribution in [0.3, 0.4) is 0 Å². The molecule has 0 aromatic carbocycles. The number of urea groups is 1. The standard InChI is InChI=1S/C7H14N2O2/c1-8(2)7(11)9-4-3-6(10)5-9/h6,10H,3-5H2,1-2H3. The van der Waals surface area contributed by atoms with Crippen LogP contribution in [0.25, 0.3) is 0 Å². The van der Waals surface area contributed by atoms with Gasteiger partial charge in [0.15, 0.2) is 0 Å². The second-order valence-corrected chi connectivity index (χ2v) is 3.07. The fourth-order valence-electron chi connectivity index (χ4n) is 1.20. The minimum absolute atomic E-state index is 0.0125. The zero-order chi connectivity index (χ0) is 8.43. The normalized spacial score (nSPS) is 23.9. The summed E-state index contributed by atoms with van der Waals surface area (Å²) < 4.78 is 0. The van der Waals surface area contributed by atoms with Crippen LogP contribution in [-0.4, -0.2) is 54.2 Å². The van der Waals surface area contributed by atoms with Crippen molar-refractivity contribution in [2.75, 3.05) is 27.2 Å². The van der Waals surface area contributed by atoms with Crippen LogP contribution in [0.5, 0.6) is 0 Å². The smallest absolute Gasteiger partial charge is 0.319 e. The molecule has 0 saturated carbocycles. The molecule has 4 heteroatoms. The van der Waals surface area contributed by atoms with Crippen LogP contribution in [0.15, 0.2) is 0 Å². The molecule has 4 nitrogen and oxygen atoms in total. The largest absolute Gasteiger partial charge is 0.391 e. The topological polar surface area (TPSA) is 43.8 Å². The minimum atomic E-state index is -0.320. The highest BCUT2D eigenvalue weighted by Crippen LogP contribution is 2.09. The molecule has 0 spiro atoms. The van der Waals surface area contributed by atoms with E-state index in [4.69, 9.17) is 5.11 Å². The molecule has 1 fully saturated rings. The Morgan fingerprint density at radius 3 is 2.64 bits per heavy atom. The van der Waals surface area contributed by atoms with Crippen LogP contribution in [0.1, 0.15) is 6.42 Å². The second-order valence-electron chi connectivity index (χ2n) is 3.07. The van der Waals surface area contributed by atoms with Gasteiger partial charge in [-0.15, -0.1) is 0 Å². The molecule has 0 radical (unpaired) electrons. The number of likely N-dealkylation sites (tertiary alicyclic amines) is 1. The summed E-state index contributed by atoms with van der Waals surface area (Å²) in [6.45, 7) is 1.16. The van der Waals surface area contributed by atoms with Gasteiger partial charge < -0.3 is 14.9 Å². The van der Waals surface area contributed by atoms with Crippen LogP contribution < -0.4 is 0 Å². The molecule has 1 atom stereocenters. The van der Waals surface area contributed by atoms with E-state index in [0.29, 0.717) is 19.5 Å². The first-order valence-electron chi connectivity index (χ1n) is 3.75. The number of rotatable bonds is 0. The predicted octanol–water partition coefficient (Wildman–Crippen LogP) is -0.265. The van der Waals surface area contributed by atoms with Gasteiger partial charge in [-0.05, 0) is 6.42 Å². The van der Waals surface area contributed by atoms with Gasteiger partial charge in [0, 0.05) is 27.2 Å². The minimum Gasteiger partial charge on any atom is -0.391 e. The molecule has 11 heavy (non-hydrogen) atoms. The Morgan fingerprint density at radius 2 is 2.27 bits per heavy atom. The van der Waals surface area contributed by atoms with Gasteiger partial charge in [0.1, 0.15) is 0 Å². The van der Waals surface area contributed by atoms with Gasteiger partial charge in [0.05, 0.1) is 6.10 Å². The van der Waals surface area contributed by atoms with Crippen LogP contribution >= 0.6 is 0 Å². The quantitative estimate of drug-likeness (QED) is 0.527. The van der Waals surface area contributed by atoms with E-state index >= 15 is 0 Å². The van der Waals surface area contributed by atoms with Crippen LogP contribution in [-0.2, 0) is 0 Å². The third-order valence-electron chi connectivity index (χ3n) is 1.82. The first-order valence-corrected chi connectivity index (χ1v) is 3.75. The molecular formula is C7H14N2O2. The zero-order valence-corrected chi connectivity index (χ0v) is 6.95. The molecule has 64 valence electrons. The van der Waals surface area contributed by atoms with Crippen molar-refractivity contribution >= 4 is 6.03 Å². The van der Waals surface area contributed by atoms with E-state index < -0.39 is 0 Å². The van der Waals surface area contributed by atoms with Crippen LogP contribution in [0.2, 0.25) is 0 Å². The number of carbonyl (C=O) groups excluding carboxylic acids is 1. The number of nitrogens with zero attached hydrogens (tertiary/aromatic N) is 2. The van der Waals surface area contributed by atoms with Crippen molar-refractivity contribution in [2.45, 2.75) is 12.5 Å². The summed E-state index contributed by atoms with van der Waals surface area (Å²) in [7, 11) is 3.43. The van der Waals surface area contributed by atoms with Gasteiger partial charge in [-0.25, -0.2) is 4.79 Å². The molecule has 0 aromatic heterocycles. The lowest BCUT2D eigenvalue weighted by atomic mass is 10.3. The van der Waals surface area contributed by atoms with Crippen molar-refractivity contribution in [1.82, 2.24) is 9.80 Å². The highest BCUT2D eigenvalue weighted by Gasteiger charge is 2.25. The number of hydrogen-bond acceptors (Lipinski definition) is 2. The maximum Gasteiger partial charge on any atom is 0.319 e. The molecule has 1 N–H and O–H groups in total. The molecule has 1 heterocycles. The number of carbonyl (C=O) groups is 1. The molecule has 1 rings (SSSR count). The molecule has 0 bridgehead atoms. The molecule has 0 aromatic rings. The Balaban J connectivity index is 2.43. The summed E-state index contributed by atoms with van der Waals surface area (Å²) in [5.41, 5.74) is 0. The summed E-state index contributed by atoms with van der Waals surface area (Å²) in [6, 6.07) is -0.0125. The molecule has 1 aliphatic rings. The first-order chi connectivity index (χ1) is 5.11. The Kier molecular flexibility index (Phi) is 2.34. The Bertz CT molecular complexity index is 159. The number of aliphatic hydroxyl groups is 1. The Labute approximate surface area is 66.4 Å². The summed E-state index contributed by atoms with van der Waals surface area (Å²) in [5.74, 6) is 0. The van der Waals surface area contributed by atoms with Gasteiger partial charge in [-0.2, -0.15) is 0 Å². The third-order valence-corrected chi connectivity index (χ3v) is 1.82. The highest BCUT2D eigenvalue weighted by molar-refractivity contribution is 5.74. The van der Waals surface area contributed by atoms with Crippen molar-refractivity contribution in [3.05, 3.63) is 0 Å². The van der Waals surface area contributed by atoms with E-state index in [2.05, 4.69) is 0 Å². The van der Waals surface area contributed by atoms with Crippen LogP contribution in [0, 0.1) is 0 Å². The SMILES string of the molecule is CN(C)C(=O)N1CCC(O)C1. The Morgan fingerprint density at radius 1 is 1.64 bits per heavy atom. The number of hydrogen-bond donors (Lipinski definition) is 1. The number of aliphatic hydroxyl groups excluding tert-OH is 1. The molecule has 2 amide bonds. The van der Waals surface area contributed by atoms with E-state index in [1.54, 1.807) is 19.0 Å². The maximum atomic E-state index is 11.2. The predicted molar refractivity (Wildman–Crippen MR) is 41.3 cm³/mol. The zero-order valence-electron chi connectivity index (χ0n) is 6.95. The lowest BCUT2D eigenvalue weighted by Crippen LogP contribution is -2.37.